The molecule has 0 aliphatic rings. The van der Waals surface area contributed by atoms with E-state index in [1.54, 1.807) is 30.3 Å². The molecule has 4 N–H and O–H groups in total. The normalized spacial score (nSPS) is 11.0. The number of nitrogens with one attached hydrogen (secondary N) is 1. The van der Waals surface area contributed by atoms with Crippen molar-refractivity contribution in [3.63, 3.8) is 0 Å². The van der Waals surface area contributed by atoms with E-state index in [-0.39, 0.29) is 19.0 Å². The first-order chi connectivity index (χ1) is 8.65. The number of nitrogens with two attached hydrogens (primary N) is 1. The van der Waals surface area contributed by atoms with Crippen molar-refractivity contribution in [2.24, 2.45) is 5.73 Å². The maximum Gasteiger partial charge on any atom is 0.408 e. The van der Waals surface area contributed by atoms with Gasteiger partial charge in [-0.05, 0) is 18.5 Å². The summed E-state index contributed by atoms with van der Waals surface area (Å²) in [7, 11) is 0. The molecule has 19 heavy (non-hydrogen) atoms. The largest absolute Gasteiger partial charge is 0.479 e. The van der Waals surface area contributed by atoms with Crippen LogP contribution in [0.1, 0.15) is 18.0 Å². The smallest absolute Gasteiger partial charge is 0.408 e. The summed E-state index contributed by atoms with van der Waals surface area (Å²) in [5, 5.41) is 11.3. The number of carboxylic acids is 1. The molecule has 106 valence electrons. The van der Waals surface area contributed by atoms with Crippen molar-refractivity contribution < 1.29 is 19.4 Å². The average molecular weight is 289 g/mol. The molecule has 0 radical (unpaired) electrons. The lowest BCUT2D eigenvalue weighted by atomic mass is 10.1. The Hall–Kier alpha value is -1.79. The number of carboxylic acid groups (broad SMARTS) is 1. The summed E-state index contributed by atoms with van der Waals surface area (Å²) in [4.78, 5) is 22.4. The molecule has 0 aromatic heterocycles. The molecule has 6 nitrogen and oxygen atoms in total. The highest BCUT2D eigenvalue weighted by molar-refractivity contribution is 5.85. The number of benzene rings is 1. The number of alkyl carbamates (subject to hydrolysis) is 1. The van der Waals surface area contributed by atoms with Gasteiger partial charge in [-0.3, -0.25) is 0 Å². The molecule has 0 bridgehead atoms. The fourth-order valence-electron chi connectivity index (χ4n) is 1.34. The molecule has 1 amide bonds. The number of ether oxygens (including phenoxy) is 1. The minimum Gasteiger partial charge on any atom is -0.479 e. The van der Waals surface area contributed by atoms with Gasteiger partial charge in [-0.2, -0.15) is 0 Å². The number of hydrogen-bond donors (Lipinski definition) is 3. The zero-order valence-corrected chi connectivity index (χ0v) is 11.1. The molecule has 0 saturated heterocycles. The summed E-state index contributed by atoms with van der Waals surface area (Å²) < 4.78 is 4.79. The molecule has 1 rings (SSSR count). The van der Waals surface area contributed by atoms with Gasteiger partial charge in [0.2, 0.25) is 0 Å². The summed E-state index contributed by atoms with van der Waals surface area (Å²) >= 11 is 0. The molecule has 1 aromatic carbocycles. The Bertz CT molecular complexity index is 400. The van der Waals surface area contributed by atoms with Crippen LogP contribution >= 0.6 is 12.4 Å². The SMILES string of the molecule is Cl.NCCCOC(=O)N[C@H](C(=O)O)c1ccccc1. The van der Waals surface area contributed by atoms with Crippen LogP contribution in [-0.2, 0) is 9.53 Å². The Morgan fingerprint density at radius 1 is 1.32 bits per heavy atom. The lowest BCUT2D eigenvalue weighted by molar-refractivity contribution is -0.139. The molecule has 1 atom stereocenters. The molecule has 1 aromatic rings. The highest BCUT2D eigenvalue weighted by Crippen LogP contribution is 2.12. The Labute approximate surface area is 117 Å². The second-order valence-electron chi connectivity index (χ2n) is 3.60. The quantitative estimate of drug-likeness (QED) is 0.685. The number of aliphatic carboxylic acids is 1. The zero-order valence-electron chi connectivity index (χ0n) is 10.2. The molecular weight excluding hydrogens is 272 g/mol. The molecule has 0 heterocycles. The fraction of sp³-hybridized carbons (Fsp3) is 0.333. The van der Waals surface area contributed by atoms with E-state index >= 15 is 0 Å². The van der Waals surface area contributed by atoms with Crippen LogP contribution < -0.4 is 11.1 Å². The van der Waals surface area contributed by atoms with Gasteiger partial charge in [-0.1, -0.05) is 30.3 Å². The van der Waals surface area contributed by atoms with Crippen molar-refractivity contribution in [2.45, 2.75) is 12.5 Å². The highest BCUT2D eigenvalue weighted by Gasteiger charge is 2.22. The van der Waals surface area contributed by atoms with E-state index in [1.165, 1.54) is 0 Å². The summed E-state index contributed by atoms with van der Waals surface area (Å²) in [6, 6.07) is 7.30. The predicted molar refractivity (Wildman–Crippen MR) is 72.2 cm³/mol. The number of carbonyl (C=O) groups excluding carboxylic acids is 1. The van der Waals surface area contributed by atoms with Gasteiger partial charge in [0.25, 0.3) is 0 Å². The third kappa shape index (κ3) is 6.08. The van der Waals surface area contributed by atoms with Crippen molar-refractivity contribution in [1.82, 2.24) is 5.32 Å². The summed E-state index contributed by atoms with van der Waals surface area (Å²) in [6.45, 7) is 0.581. The van der Waals surface area contributed by atoms with Crippen LogP contribution in [0.2, 0.25) is 0 Å². The van der Waals surface area contributed by atoms with Crippen LogP contribution in [0.3, 0.4) is 0 Å². The average Bonchev–Trinajstić information content (AvgIpc) is 2.37. The second kappa shape index (κ2) is 9.18. The van der Waals surface area contributed by atoms with Crippen molar-refractivity contribution >= 4 is 24.5 Å². The van der Waals surface area contributed by atoms with Crippen LogP contribution in [0.5, 0.6) is 0 Å². The topological polar surface area (TPSA) is 102 Å². The van der Waals surface area contributed by atoms with E-state index in [0.717, 1.165) is 0 Å². The molecule has 0 aliphatic carbocycles. The van der Waals surface area contributed by atoms with Gasteiger partial charge < -0.3 is 20.9 Å². The lowest BCUT2D eigenvalue weighted by Gasteiger charge is -2.14. The van der Waals surface area contributed by atoms with Crippen LogP contribution in [-0.4, -0.2) is 30.3 Å². The first-order valence-electron chi connectivity index (χ1n) is 5.56. The first kappa shape index (κ1) is 17.2. The van der Waals surface area contributed by atoms with Gasteiger partial charge >= 0.3 is 12.1 Å². The summed E-state index contributed by atoms with van der Waals surface area (Å²) in [6.07, 6.45) is -0.226. The Morgan fingerprint density at radius 2 is 1.95 bits per heavy atom. The van der Waals surface area contributed by atoms with Gasteiger partial charge in [0.05, 0.1) is 6.61 Å². The minimum absolute atomic E-state index is 0. The Kier molecular flexibility index (Phi) is 8.32. The number of carbonyl (C=O) groups is 2. The van der Waals surface area contributed by atoms with Crippen LogP contribution in [0.4, 0.5) is 4.79 Å². The van der Waals surface area contributed by atoms with E-state index in [9.17, 15) is 9.59 Å². The monoisotopic (exact) mass is 288 g/mol. The Morgan fingerprint density at radius 3 is 2.47 bits per heavy atom. The standard InChI is InChI=1S/C12H16N2O4.ClH/c13-7-4-8-18-12(17)14-10(11(15)16)9-5-2-1-3-6-9;/h1-3,5-6,10H,4,7-8,13H2,(H,14,17)(H,15,16);1H/t10-;/m0./s1. The molecule has 0 saturated carbocycles. The molecular formula is C12H17ClN2O4. The number of amides is 1. The van der Waals surface area contributed by atoms with Crippen molar-refractivity contribution in [3.05, 3.63) is 35.9 Å². The molecule has 0 aliphatic heterocycles. The molecule has 0 fully saturated rings. The zero-order chi connectivity index (χ0) is 13.4. The van der Waals surface area contributed by atoms with Gasteiger partial charge in [-0.15, -0.1) is 12.4 Å². The van der Waals surface area contributed by atoms with E-state index in [4.69, 9.17) is 15.6 Å². The maximum atomic E-state index is 11.4. The van der Waals surface area contributed by atoms with Crippen molar-refractivity contribution in [1.29, 1.82) is 0 Å². The van der Waals surface area contributed by atoms with Gasteiger partial charge in [0.1, 0.15) is 0 Å². The maximum absolute atomic E-state index is 11.4. The van der Waals surface area contributed by atoms with Crippen LogP contribution in [0, 0.1) is 0 Å². The minimum atomic E-state index is -1.14. The van der Waals surface area contributed by atoms with Gasteiger partial charge in [0.15, 0.2) is 6.04 Å². The molecule has 7 heteroatoms. The van der Waals surface area contributed by atoms with E-state index in [0.29, 0.717) is 18.5 Å². The van der Waals surface area contributed by atoms with E-state index < -0.39 is 18.1 Å². The van der Waals surface area contributed by atoms with Gasteiger partial charge in [0, 0.05) is 0 Å². The summed E-state index contributed by atoms with van der Waals surface area (Å²) in [5.74, 6) is -1.14. The number of halogens is 1. The number of rotatable bonds is 6. The van der Waals surface area contributed by atoms with Gasteiger partial charge in [-0.25, -0.2) is 9.59 Å². The highest BCUT2D eigenvalue weighted by atomic mass is 35.5. The van der Waals surface area contributed by atoms with E-state index in [2.05, 4.69) is 5.32 Å². The predicted octanol–water partition coefficient (Wildman–Crippen LogP) is 1.31. The fourth-order valence-corrected chi connectivity index (χ4v) is 1.34. The third-order valence-electron chi connectivity index (χ3n) is 2.22. The Balaban J connectivity index is 0.00000324. The molecule has 0 spiro atoms. The van der Waals surface area contributed by atoms with Crippen LogP contribution in [0.15, 0.2) is 30.3 Å². The number of hydrogen-bond acceptors (Lipinski definition) is 4. The first-order valence-corrected chi connectivity index (χ1v) is 5.56. The van der Waals surface area contributed by atoms with E-state index in [1.807, 2.05) is 0 Å². The molecule has 0 unspecified atom stereocenters. The van der Waals surface area contributed by atoms with Crippen molar-refractivity contribution in [3.8, 4) is 0 Å². The second-order valence-corrected chi connectivity index (χ2v) is 3.60. The van der Waals surface area contributed by atoms with Crippen LogP contribution in [0.25, 0.3) is 0 Å². The lowest BCUT2D eigenvalue weighted by Crippen LogP contribution is -2.34. The third-order valence-corrected chi connectivity index (χ3v) is 2.22. The van der Waals surface area contributed by atoms with Crippen molar-refractivity contribution in [2.75, 3.05) is 13.2 Å². The summed E-state index contributed by atoms with van der Waals surface area (Å²) in [5.41, 5.74) is 5.74.